The third-order valence-corrected chi connectivity index (χ3v) is 3.36. The van der Waals surface area contributed by atoms with Crippen molar-refractivity contribution in [1.29, 1.82) is 0 Å². The van der Waals surface area contributed by atoms with Crippen molar-refractivity contribution in [2.45, 2.75) is 70.9 Å². The van der Waals surface area contributed by atoms with Crippen LogP contribution in [0.25, 0.3) is 0 Å². The first kappa shape index (κ1) is 12.0. The molecular weight excluding hydrogens is 172 g/mol. The second-order valence-electron chi connectivity index (χ2n) is 4.62. The number of nitrogens with one attached hydrogen (secondary N) is 1. The number of hydrogen-bond acceptors (Lipinski definition) is 2. The van der Waals surface area contributed by atoms with Crippen molar-refractivity contribution in [3.8, 4) is 0 Å². The second-order valence-corrected chi connectivity index (χ2v) is 4.62. The quantitative estimate of drug-likeness (QED) is 0.478. The van der Waals surface area contributed by atoms with Gasteiger partial charge in [-0.25, -0.2) is 10.4 Å². The molecule has 84 valence electrons. The molecule has 0 saturated carbocycles. The molecule has 1 saturated heterocycles. The molecule has 1 unspecified atom stereocenters. The summed E-state index contributed by atoms with van der Waals surface area (Å²) in [5, 5.41) is 2.30. The first-order chi connectivity index (χ1) is 6.75. The van der Waals surface area contributed by atoms with Crippen molar-refractivity contribution in [3.63, 3.8) is 0 Å². The average Bonchev–Trinajstić information content (AvgIpc) is 2.78. The van der Waals surface area contributed by atoms with E-state index >= 15 is 0 Å². The molecule has 0 bridgehead atoms. The Labute approximate surface area is 89.0 Å². The van der Waals surface area contributed by atoms with Crippen LogP contribution in [-0.2, 0) is 0 Å². The Balaban J connectivity index is 2.15. The fourth-order valence-electron chi connectivity index (χ4n) is 2.19. The molecule has 1 atom stereocenters. The van der Waals surface area contributed by atoms with E-state index in [4.69, 9.17) is 0 Å². The van der Waals surface area contributed by atoms with Crippen LogP contribution in [0.2, 0.25) is 0 Å². The predicted molar refractivity (Wildman–Crippen MR) is 61.9 cm³/mol. The van der Waals surface area contributed by atoms with E-state index in [2.05, 4.69) is 31.3 Å². The smallest absolute Gasteiger partial charge is 0.0970 e. The molecule has 0 amide bonds. The highest BCUT2D eigenvalue weighted by molar-refractivity contribution is 4.95. The minimum atomic E-state index is 0.393. The van der Waals surface area contributed by atoms with E-state index in [1.807, 2.05) is 0 Å². The van der Waals surface area contributed by atoms with E-state index in [0.29, 0.717) is 5.66 Å². The van der Waals surface area contributed by atoms with Gasteiger partial charge in [0, 0.05) is 7.05 Å². The van der Waals surface area contributed by atoms with Gasteiger partial charge in [-0.1, -0.05) is 52.4 Å². The summed E-state index contributed by atoms with van der Waals surface area (Å²) in [6.07, 6.45) is 10.8. The van der Waals surface area contributed by atoms with E-state index in [9.17, 15) is 0 Å². The third-order valence-electron chi connectivity index (χ3n) is 3.36. The Kier molecular flexibility index (Phi) is 4.90. The van der Waals surface area contributed by atoms with E-state index < -0.39 is 0 Å². The third kappa shape index (κ3) is 3.25. The second kappa shape index (κ2) is 5.72. The van der Waals surface area contributed by atoms with Crippen LogP contribution in [0.1, 0.15) is 65.2 Å². The van der Waals surface area contributed by atoms with Crippen LogP contribution < -0.4 is 5.43 Å². The Morgan fingerprint density at radius 3 is 1.64 bits per heavy atom. The van der Waals surface area contributed by atoms with Crippen molar-refractivity contribution < 1.29 is 0 Å². The molecule has 0 aromatic rings. The zero-order valence-corrected chi connectivity index (χ0v) is 10.1. The lowest BCUT2D eigenvalue weighted by Crippen LogP contribution is -2.18. The molecule has 0 aromatic carbocycles. The number of hydrogen-bond donors (Lipinski definition) is 1. The molecule has 1 rings (SSSR count). The highest BCUT2D eigenvalue weighted by atomic mass is 15.8. The monoisotopic (exact) mass is 198 g/mol. The number of hydrazine groups is 1. The maximum absolute atomic E-state index is 3.50. The van der Waals surface area contributed by atoms with Gasteiger partial charge in [-0.15, -0.1) is 0 Å². The largest absolute Gasteiger partial charge is 0.232 e. The Morgan fingerprint density at radius 1 is 0.929 bits per heavy atom. The molecule has 0 aromatic heterocycles. The van der Waals surface area contributed by atoms with Gasteiger partial charge in [-0.2, -0.15) is 0 Å². The van der Waals surface area contributed by atoms with Gasteiger partial charge < -0.3 is 0 Å². The molecule has 14 heavy (non-hydrogen) atoms. The first-order valence-electron chi connectivity index (χ1n) is 6.27. The van der Waals surface area contributed by atoms with Crippen LogP contribution in [0, 0.1) is 0 Å². The molecule has 0 aliphatic carbocycles. The lowest BCUT2D eigenvalue weighted by atomic mass is 9.99. The van der Waals surface area contributed by atoms with Crippen LogP contribution in [0.5, 0.6) is 0 Å². The summed E-state index contributed by atoms with van der Waals surface area (Å²) in [5.74, 6) is 0. The van der Waals surface area contributed by atoms with E-state index in [1.54, 1.807) is 0 Å². The molecule has 1 fully saturated rings. The molecule has 1 heterocycles. The van der Waals surface area contributed by atoms with Gasteiger partial charge in [0.15, 0.2) is 0 Å². The Hall–Kier alpha value is -0.0800. The van der Waals surface area contributed by atoms with E-state index in [-0.39, 0.29) is 0 Å². The SMILES string of the molecule is CCCCCC1(CCCCC)NN1C. The maximum atomic E-state index is 3.50. The summed E-state index contributed by atoms with van der Waals surface area (Å²) in [4.78, 5) is 0. The van der Waals surface area contributed by atoms with Crippen molar-refractivity contribution in [1.82, 2.24) is 10.4 Å². The molecular formula is C12H26N2. The molecule has 2 heteroatoms. The van der Waals surface area contributed by atoms with Crippen molar-refractivity contribution in [2.24, 2.45) is 0 Å². The van der Waals surface area contributed by atoms with Gasteiger partial charge >= 0.3 is 0 Å². The lowest BCUT2D eigenvalue weighted by molar-refractivity contribution is 0.380. The summed E-state index contributed by atoms with van der Waals surface area (Å²) >= 11 is 0. The number of unbranched alkanes of at least 4 members (excludes halogenated alkanes) is 4. The summed E-state index contributed by atoms with van der Waals surface area (Å²) in [7, 11) is 2.18. The van der Waals surface area contributed by atoms with Gasteiger partial charge in [0.1, 0.15) is 0 Å². The average molecular weight is 198 g/mol. The standard InChI is InChI=1S/C12H26N2/c1-4-6-8-10-12(13-14(12)3)11-9-7-5-2/h13H,4-11H2,1-3H3. The number of nitrogens with zero attached hydrogens (tertiary/aromatic N) is 1. The minimum absolute atomic E-state index is 0.393. The van der Waals surface area contributed by atoms with Crippen molar-refractivity contribution >= 4 is 0 Å². The van der Waals surface area contributed by atoms with Crippen molar-refractivity contribution in [2.75, 3.05) is 7.05 Å². The van der Waals surface area contributed by atoms with Gasteiger partial charge in [-0.05, 0) is 12.8 Å². The minimum Gasteiger partial charge on any atom is -0.232 e. The van der Waals surface area contributed by atoms with Crippen LogP contribution in [-0.4, -0.2) is 17.7 Å². The summed E-state index contributed by atoms with van der Waals surface area (Å²) in [6.45, 7) is 4.54. The molecule has 1 aliphatic heterocycles. The predicted octanol–water partition coefficient (Wildman–Crippen LogP) is 3.29. The Morgan fingerprint density at radius 2 is 1.36 bits per heavy atom. The molecule has 0 radical (unpaired) electrons. The highest BCUT2D eigenvalue weighted by Crippen LogP contribution is 2.34. The topological polar surface area (TPSA) is 25.0 Å². The normalized spacial score (nSPS) is 23.8. The molecule has 1 N–H and O–H groups in total. The summed E-state index contributed by atoms with van der Waals surface area (Å²) in [5.41, 5.74) is 3.89. The summed E-state index contributed by atoms with van der Waals surface area (Å²) in [6, 6.07) is 0. The first-order valence-corrected chi connectivity index (χ1v) is 6.27. The van der Waals surface area contributed by atoms with Crippen LogP contribution in [0.4, 0.5) is 0 Å². The van der Waals surface area contributed by atoms with E-state index in [0.717, 1.165) is 0 Å². The van der Waals surface area contributed by atoms with Gasteiger partial charge in [0.05, 0.1) is 5.66 Å². The van der Waals surface area contributed by atoms with Crippen LogP contribution in [0.3, 0.4) is 0 Å². The summed E-state index contributed by atoms with van der Waals surface area (Å²) < 4.78 is 0. The molecule has 1 aliphatic rings. The zero-order valence-electron chi connectivity index (χ0n) is 10.1. The fourth-order valence-corrected chi connectivity index (χ4v) is 2.19. The molecule has 0 spiro atoms. The van der Waals surface area contributed by atoms with Crippen LogP contribution in [0.15, 0.2) is 0 Å². The van der Waals surface area contributed by atoms with Crippen LogP contribution >= 0.6 is 0 Å². The van der Waals surface area contributed by atoms with Gasteiger partial charge in [-0.3, -0.25) is 0 Å². The fraction of sp³-hybridized carbons (Fsp3) is 1.00. The van der Waals surface area contributed by atoms with Gasteiger partial charge in [0.2, 0.25) is 0 Å². The highest BCUT2D eigenvalue weighted by Gasteiger charge is 2.47. The lowest BCUT2D eigenvalue weighted by Gasteiger charge is -2.12. The maximum Gasteiger partial charge on any atom is 0.0970 e. The Bertz CT molecular complexity index is 146. The molecule has 2 nitrogen and oxygen atoms in total. The van der Waals surface area contributed by atoms with E-state index in [1.165, 1.54) is 51.4 Å². The zero-order chi connectivity index (χ0) is 10.4. The number of rotatable bonds is 8. The van der Waals surface area contributed by atoms with Gasteiger partial charge in [0.25, 0.3) is 0 Å². The van der Waals surface area contributed by atoms with Crippen molar-refractivity contribution in [3.05, 3.63) is 0 Å².